The van der Waals surface area contributed by atoms with Crippen LogP contribution in [0.4, 0.5) is 0 Å². The van der Waals surface area contributed by atoms with Crippen molar-refractivity contribution in [2.75, 3.05) is 13.2 Å². The summed E-state index contributed by atoms with van der Waals surface area (Å²) in [6.45, 7) is 5.98. The summed E-state index contributed by atoms with van der Waals surface area (Å²) in [5, 5.41) is 31.4. The summed E-state index contributed by atoms with van der Waals surface area (Å²) < 4.78 is 28.4. The molecular weight excluding hydrogens is 925 g/mol. The lowest BCUT2D eigenvalue weighted by atomic mass is 9.98. The Hall–Kier alpha value is -2.80. The number of allylic oxidation sites excluding steroid dienone is 4. The second kappa shape index (κ2) is 50.0. The Morgan fingerprint density at radius 1 is 0.438 bits per heavy atom. The molecule has 0 radical (unpaired) electrons. The highest BCUT2D eigenvalue weighted by Gasteiger charge is 2.50. The predicted molar refractivity (Wildman–Crippen MR) is 294 cm³/mol. The van der Waals surface area contributed by atoms with Crippen molar-refractivity contribution in [1.29, 1.82) is 0 Å². The van der Waals surface area contributed by atoms with E-state index in [0.717, 1.165) is 77.0 Å². The van der Waals surface area contributed by atoms with E-state index in [2.05, 4.69) is 45.1 Å². The van der Waals surface area contributed by atoms with Gasteiger partial charge in [0.25, 0.3) is 0 Å². The molecule has 0 aromatic carbocycles. The van der Waals surface area contributed by atoms with Gasteiger partial charge in [0.15, 0.2) is 24.6 Å². The van der Waals surface area contributed by atoms with Crippen LogP contribution in [0.1, 0.15) is 290 Å². The fourth-order valence-corrected chi connectivity index (χ4v) is 9.30. The molecule has 1 heterocycles. The number of aliphatic hydroxyl groups excluding tert-OH is 2. The lowest BCUT2D eigenvalue weighted by Crippen LogP contribution is -2.61. The van der Waals surface area contributed by atoms with Crippen LogP contribution < -0.4 is 0 Å². The number of hydrogen-bond acceptors (Lipinski definition) is 11. The molecule has 0 amide bonds. The third kappa shape index (κ3) is 40.2. The lowest BCUT2D eigenvalue weighted by molar-refractivity contribution is -0.301. The molecule has 0 spiro atoms. The van der Waals surface area contributed by atoms with Gasteiger partial charge in [-0.3, -0.25) is 14.4 Å². The molecule has 73 heavy (non-hydrogen) atoms. The van der Waals surface area contributed by atoms with Gasteiger partial charge in [-0.15, -0.1) is 0 Å². The molecule has 6 atom stereocenters. The van der Waals surface area contributed by atoms with E-state index in [9.17, 15) is 34.5 Å². The van der Waals surface area contributed by atoms with E-state index in [0.29, 0.717) is 19.3 Å². The molecular formula is C61H110O12. The summed E-state index contributed by atoms with van der Waals surface area (Å²) in [4.78, 5) is 51.0. The minimum atomic E-state index is -1.90. The minimum absolute atomic E-state index is 0.0548. The fraction of sp³-hybridized carbons (Fsp3) is 0.869. The standard InChI is InChI=1S/C61H110O12/c1-4-7-10-13-16-19-21-23-25-26-27-28-30-31-33-36-38-41-44-47-53(62)69-50-52(71-54(63)48-45-42-39-35-18-15-12-9-6-3)51-70-61-59(57(66)56(65)58(73-61)60(67)68)72-55(64)49-46-43-40-37-34-32-29-24-22-20-17-14-11-8-5-2/h23-25,29,52,56-59,61,65-66H,4-22,26-28,30-51H2,1-3H3,(H,67,68)/b25-23-,29-24-. The van der Waals surface area contributed by atoms with Gasteiger partial charge in [0.1, 0.15) is 18.8 Å². The number of carboxylic acids is 1. The Bertz CT molecular complexity index is 1370. The summed E-state index contributed by atoms with van der Waals surface area (Å²) in [6, 6.07) is 0. The van der Waals surface area contributed by atoms with Crippen LogP contribution in [0, 0.1) is 0 Å². The Morgan fingerprint density at radius 3 is 1.16 bits per heavy atom. The van der Waals surface area contributed by atoms with E-state index < -0.39 is 67.3 Å². The monoisotopic (exact) mass is 1030 g/mol. The Kier molecular flexibility index (Phi) is 46.8. The van der Waals surface area contributed by atoms with E-state index in [-0.39, 0.29) is 25.9 Å². The largest absolute Gasteiger partial charge is 0.479 e. The summed E-state index contributed by atoms with van der Waals surface area (Å²) in [7, 11) is 0. The molecule has 1 fully saturated rings. The molecule has 1 saturated heterocycles. The van der Waals surface area contributed by atoms with Gasteiger partial charge in [0, 0.05) is 19.3 Å². The number of aliphatic carboxylic acids is 1. The molecule has 3 N–H and O–H groups in total. The fourth-order valence-electron chi connectivity index (χ4n) is 9.30. The third-order valence-corrected chi connectivity index (χ3v) is 14.0. The van der Waals surface area contributed by atoms with Crippen LogP contribution >= 0.6 is 0 Å². The Morgan fingerprint density at radius 2 is 0.781 bits per heavy atom. The first-order valence-corrected chi connectivity index (χ1v) is 30.3. The van der Waals surface area contributed by atoms with E-state index in [1.54, 1.807) is 0 Å². The zero-order valence-corrected chi connectivity index (χ0v) is 46.9. The molecule has 0 saturated carbocycles. The number of carboxylic acid groups (broad SMARTS) is 1. The number of ether oxygens (including phenoxy) is 5. The maximum atomic E-state index is 13.1. The van der Waals surface area contributed by atoms with Crippen LogP contribution in [0.3, 0.4) is 0 Å². The minimum Gasteiger partial charge on any atom is -0.479 e. The highest BCUT2D eigenvalue weighted by Crippen LogP contribution is 2.26. The normalized spacial score (nSPS) is 18.4. The zero-order valence-electron chi connectivity index (χ0n) is 46.9. The second-order valence-electron chi connectivity index (χ2n) is 21.0. The molecule has 0 aromatic rings. The summed E-state index contributed by atoms with van der Waals surface area (Å²) in [6.07, 6.45) is 44.5. The van der Waals surface area contributed by atoms with E-state index in [1.807, 2.05) is 0 Å². The van der Waals surface area contributed by atoms with Crippen molar-refractivity contribution in [3.63, 3.8) is 0 Å². The van der Waals surface area contributed by atoms with Crippen molar-refractivity contribution in [2.45, 2.75) is 327 Å². The van der Waals surface area contributed by atoms with E-state index >= 15 is 0 Å². The molecule has 0 aromatic heterocycles. The van der Waals surface area contributed by atoms with Crippen LogP contribution in [-0.4, -0.2) is 89.2 Å². The molecule has 0 bridgehead atoms. The van der Waals surface area contributed by atoms with E-state index in [1.165, 1.54) is 154 Å². The molecule has 12 heteroatoms. The molecule has 6 unspecified atom stereocenters. The molecule has 426 valence electrons. The number of unbranched alkanes of at least 4 members (excludes halogenated alkanes) is 34. The van der Waals surface area contributed by atoms with Gasteiger partial charge >= 0.3 is 23.9 Å². The van der Waals surface area contributed by atoms with Crippen molar-refractivity contribution >= 4 is 23.9 Å². The number of rotatable bonds is 52. The number of carbonyl (C=O) groups excluding carboxylic acids is 3. The average Bonchev–Trinajstić information content (AvgIpc) is 3.37. The van der Waals surface area contributed by atoms with Gasteiger partial charge in [-0.05, 0) is 70.6 Å². The molecule has 1 aliphatic rings. The van der Waals surface area contributed by atoms with Crippen molar-refractivity contribution < 1.29 is 58.2 Å². The van der Waals surface area contributed by atoms with Gasteiger partial charge in [-0.1, -0.05) is 225 Å². The van der Waals surface area contributed by atoms with E-state index in [4.69, 9.17) is 23.7 Å². The van der Waals surface area contributed by atoms with Gasteiger partial charge in [-0.25, -0.2) is 4.79 Å². The van der Waals surface area contributed by atoms with Crippen molar-refractivity contribution in [1.82, 2.24) is 0 Å². The predicted octanol–water partition coefficient (Wildman–Crippen LogP) is 15.5. The lowest BCUT2D eigenvalue weighted by Gasteiger charge is -2.40. The highest BCUT2D eigenvalue weighted by molar-refractivity contribution is 5.74. The molecule has 1 aliphatic heterocycles. The average molecular weight is 1040 g/mol. The first-order chi connectivity index (χ1) is 35.6. The molecule has 1 rings (SSSR count). The number of aliphatic hydroxyl groups is 2. The van der Waals surface area contributed by atoms with Gasteiger partial charge < -0.3 is 39.0 Å². The van der Waals surface area contributed by atoms with Crippen LogP contribution in [0.15, 0.2) is 24.3 Å². The number of carbonyl (C=O) groups is 4. The van der Waals surface area contributed by atoms with Crippen LogP contribution in [0.2, 0.25) is 0 Å². The van der Waals surface area contributed by atoms with Crippen LogP contribution in [0.5, 0.6) is 0 Å². The molecule has 12 nitrogen and oxygen atoms in total. The molecule has 0 aliphatic carbocycles. The second-order valence-corrected chi connectivity index (χ2v) is 21.0. The first kappa shape index (κ1) is 68.2. The van der Waals surface area contributed by atoms with Crippen molar-refractivity contribution in [3.8, 4) is 0 Å². The Labute approximate surface area is 445 Å². The van der Waals surface area contributed by atoms with Crippen molar-refractivity contribution in [2.24, 2.45) is 0 Å². The highest BCUT2D eigenvalue weighted by atomic mass is 16.7. The maximum absolute atomic E-state index is 13.1. The quantitative estimate of drug-likeness (QED) is 0.0228. The summed E-state index contributed by atoms with van der Waals surface area (Å²) in [5.41, 5.74) is 0. The first-order valence-electron chi connectivity index (χ1n) is 30.3. The van der Waals surface area contributed by atoms with Gasteiger partial charge in [-0.2, -0.15) is 0 Å². The third-order valence-electron chi connectivity index (χ3n) is 14.0. The van der Waals surface area contributed by atoms with Crippen molar-refractivity contribution in [3.05, 3.63) is 24.3 Å². The smallest absolute Gasteiger partial charge is 0.335 e. The van der Waals surface area contributed by atoms with Gasteiger partial charge in [0.2, 0.25) is 0 Å². The topological polar surface area (TPSA) is 175 Å². The number of esters is 3. The maximum Gasteiger partial charge on any atom is 0.335 e. The zero-order chi connectivity index (χ0) is 53.3. The van der Waals surface area contributed by atoms with Crippen LogP contribution in [0.25, 0.3) is 0 Å². The van der Waals surface area contributed by atoms with Crippen LogP contribution in [-0.2, 0) is 42.9 Å². The Balaban J connectivity index is 2.61. The number of hydrogen-bond donors (Lipinski definition) is 3. The van der Waals surface area contributed by atoms with Gasteiger partial charge in [0.05, 0.1) is 6.61 Å². The summed E-state index contributed by atoms with van der Waals surface area (Å²) >= 11 is 0. The summed E-state index contributed by atoms with van der Waals surface area (Å²) in [5.74, 6) is -3.11. The SMILES string of the molecule is CCCCCCCC/C=C\CCCCCCCCCCCC(=O)OCC(COC1OC(C(=O)O)C(O)C(O)C1OC(=O)CCCCCCC/C=C\CCCCCCCC)OC(=O)CCCCCCCCCCC.